The fourth-order valence-corrected chi connectivity index (χ4v) is 2.23. The molecule has 0 atom stereocenters. The van der Waals surface area contributed by atoms with Crippen LogP contribution in [0.1, 0.15) is 32.6 Å². The van der Waals surface area contributed by atoms with Crippen molar-refractivity contribution in [2.75, 3.05) is 5.75 Å². The Kier molecular flexibility index (Phi) is 5.75. The quantitative estimate of drug-likeness (QED) is 0.599. The lowest BCUT2D eigenvalue weighted by Crippen LogP contribution is -1.80. The van der Waals surface area contributed by atoms with Gasteiger partial charge in [0.05, 0.1) is 0 Å². The summed E-state index contributed by atoms with van der Waals surface area (Å²) in [5.41, 5.74) is 0. The van der Waals surface area contributed by atoms with Gasteiger partial charge in [0.2, 0.25) is 0 Å². The Labute approximate surface area is 85.8 Å². The van der Waals surface area contributed by atoms with E-state index in [1.165, 1.54) is 25.0 Å². The molecule has 1 aliphatic heterocycles. The molecule has 0 saturated heterocycles. The van der Waals surface area contributed by atoms with E-state index in [0.29, 0.717) is 0 Å². The molecule has 0 radical (unpaired) electrons. The predicted octanol–water partition coefficient (Wildman–Crippen LogP) is 4.31. The second kappa shape index (κ2) is 7.02. The first-order valence-corrected chi connectivity index (χ1v) is 6.05. The molecule has 0 amide bonds. The van der Waals surface area contributed by atoms with Gasteiger partial charge >= 0.3 is 0 Å². The van der Waals surface area contributed by atoms with Crippen LogP contribution in [-0.2, 0) is 0 Å². The molecule has 0 unspecified atom stereocenters. The van der Waals surface area contributed by atoms with Gasteiger partial charge in [-0.2, -0.15) is 0 Å². The normalized spacial score (nSPS) is 28.2. The highest BCUT2D eigenvalue weighted by Crippen LogP contribution is 2.21. The van der Waals surface area contributed by atoms with Crippen molar-refractivity contribution >= 4 is 11.8 Å². The first kappa shape index (κ1) is 10.6. The third-order valence-electron chi connectivity index (χ3n) is 2.02. The molecule has 72 valence electrons. The van der Waals surface area contributed by atoms with Crippen LogP contribution < -0.4 is 0 Å². The SMILES string of the molecule is CC/C1=C/C/C=C\C=C/CCCS1. The van der Waals surface area contributed by atoms with Gasteiger partial charge in [0.25, 0.3) is 0 Å². The summed E-state index contributed by atoms with van der Waals surface area (Å²) in [5.74, 6) is 1.27. The predicted molar refractivity (Wildman–Crippen MR) is 63.0 cm³/mol. The zero-order valence-corrected chi connectivity index (χ0v) is 9.15. The number of rotatable bonds is 1. The van der Waals surface area contributed by atoms with Crippen LogP contribution in [0, 0.1) is 0 Å². The third kappa shape index (κ3) is 4.99. The smallest absolute Gasteiger partial charge is 0.00204 e. The Morgan fingerprint density at radius 3 is 3.00 bits per heavy atom. The second-order valence-electron chi connectivity index (χ2n) is 3.11. The summed E-state index contributed by atoms with van der Waals surface area (Å²) < 4.78 is 0. The Morgan fingerprint density at radius 2 is 2.15 bits per heavy atom. The zero-order chi connectivity index (χ0) is 9.36. The lowest BCUT2D eigenvalue weighted by molar-refractivity contribution is 0.972. The van der Waals surface area contributed by atoms with Gasteiger partial charge in [0.15, 0.2) is 0 Å². The van der Waals surface area contributed by atoms with Crippen LogP contribution in [0.15, 0.2) is 35.3 Å². The minimum atomic E-state index is 1.08. The van der Waals surface area contributed by atoms with Gasteiger partial charge in [-0.05, 0) is 36.3 Å². The molecule has 0 saturated carbocycles. The van der Waals surface area contributed by atoms with Crippen molar-refractivity contribution in [3.63, 3.8) is 0 Å². The van der Waals surface area contributed by atoms with Crippen molar-refractivity contribution in [3.05, 3.63) is 35.3 Å². The molecule has 0 nitrogen and oxygen atoms in total. The van der Waals surface area contributed by atoms with E-state index in [9.17, 15) is 0 Å². The number of thioether (sulfide) groups is 1. The fraction of sp³-hybridized carbons (Fsp3) is 0.500. The van der Waals surface area contributed by atoms with Gasteiger partial charge in [-0.15, -0.1) is 11.8 Å². The fourth-order valence-electron chi connectivity index (χ4n) is 1.24. The Bertz CT molecular complexity index is 211. The highest BCUT2D eigenvalue weighted by atomic mass is 32.2. The standard InChI is InChI=1S/C12H18S/c1-2-12-10-8-6-4-3-5-7-9-11-13-12/h3-6,10H,2,7-9,11H2,1H3/b5-3-,6-4-,12-10-. The summed E-state index contributed by atoms with van der Waals surface area (Å²) in [6.45, 7) is 2.24. The van der Waals surface area contributed by atoms with E-state index in [2.05, 4.69) is 37.3 Å². The number of allylic oxidation sites excluding steroid dienone is 6. The van der Waals surface area contributed by atoms with Crippen molar-refractivity contribution in [2.45, 2.75) is 32.6 Å². The summed E-state index contributed by atoms with van der Waals surface area (Å²) >= 11 is 2.02. The van der Waals surface area contributed by atoms with Crippen LogP contribution in [0.3, 0.4) is 0 Å². The van der Waals surface area contributed by atoms with E-state index in [1.807, 2.05) is 11.8 Å². The molecule has 13 heavy (non-hydrogen) atoms. The average molecular weight is 194 g/mol. The highest BCUT2D eigenvalue weighted by molar-refractivity contribution is 8.03. The van der Waals surface area contributed by atoms with E-state index < -0.39 is 0 Å². The van der Waals surface area contributed by atoms with Crippen molar-refractivity contribution in [1.82, 2.24) is 0 Å². The molecule has 0 aromatic rings. The molecule has 0 spiro atoms. The average Bonchev–Trinajstić information content (AvgIpc) is 2.22. The first-order chi connectivity index (χ1) is 6.43. The Balaban J connectivity index is 2.49. The first-order valence-electron chi connectivity index (χ1n) is 5.07. The molecule has 1 aliphatic rings. The summed E-state index contributed by atoms with van der Waals surface area (Å²) in [7, 11) is 0. The van der Waals surface area contributed by atoms with Crippen LogP contribution in [0.25, 0.3) is 0 Å². The molecule has 1 rings (SSSR count). The van der Waals surface area contributed by atoms with Crippen LogP contribution in [0.2, 0.25) is 0 Å². The molecule has 1 heterocycles. The van der Waals surface area contributed by atoms with Crippen molar-refractivity contribution < 1.29 is 0 Å². The van der Waals surface area contributed by atoms with Crippen molar-refractivity contribution in [1.29, 1.82) is 0 Å². The molecule has 0 fully saturated rings. The molecular formula is C12H18S. The molecule has 1 heteroatoms. The maximum atomic E-state index is 2.35. The molecule has 0 aromatic carbocycles. The van der Waals surface area contributed by atoms with E-state index >= 15 is 0 Å². The summed E-state index contributed by atoms with van der Waals surface area (Å²) in [6.07, 6.45) is 15.9. The Morgan fingerprint density at radius 1 is 1.31 bits per heavy atom. The number of hydrogen-bond acceptors (Lipinski definition) is 1. The van der Waals surface area contributed by atoms with E-state index in [0.717, 1.165) is 6.42 Å². The minimum Gasteiger partial charge on any atom is -0.131 e. The Hall–Kier alpha value is -0.430. The van der Waals surface area contributed by atoms with Gasteiger partial charge < -0.3 is 0 Å². The molecule has 0 aromatic heterocycles. The second-order valence-corrected chi connectivity index (χ2v) is 4.33. The van der Waals surface area contributed by atoms with Gasteiger partial charge in [0, 0.05) is 0 Å². The molecular weight excluding hydrogens is 176 g/mol. The van der Waals surface area contributed by atoms with E-state index in [4.69, 9.17) is 0 Å². The van der Waals surface area contributed by atoms with E-state index in [1.54, 1.807) is 4.91 Å². The summed E-state index contributed by atoms with van der Waals surface area (Å²) in [6, 6.07) is 0. The van der Waals surface area contributed by atoms with Crippen LogP contribution >= 0.6 is 11.8 Å². The maximum absolute atomic E-state index is 2.35. The van der Waals surface area contributed by atoms with Gasteiger partial charge in [-0.3, -0.25) is 0 Å². The van der Waals surface area contributed by atoms with Crippen LogP contribution in [-0.4, -0.2) is 5.75 Å². The van der Waals surface area contributed by atoms with Gasteiger partial charge in [-0.1, -0.05) is 37.3 Å². The van der Waals surface area contributed by atoms with Crippen molar-refractivity contribution in [3.8, 4) is 0 Å². The minimum absolute atomic E-state index is 1.08. The number of hydrogen-bond donors (Lipinski definition) is 0. The zero-order valence-electron chi connectivity index (χ0n) is 8.33. The summed E-state index contributed by atoms with van der Waals surface area (Å²) in [5, 5.41) is 0. The monoisotopic (exact) mass is 194 g/mol. The highest BCUT2D eigenvalue weighted by Gasteiger charge is 1.94. The van der Waals surface area contributed by atoms with Crippen LogP contribution in [0.5, 0.6) is 0 Å². The lowest BCUT2D eigenvalue weighted by atomic mass is 10.3. The van der Waals surface area contributed by atoms with Gasteiger partial charge in [-0.25, -0.2) is 0 Å². The van der Waals surface area contributed by atoms with E-state index in [-0.39, 0.29) is 0 Å². The lowest BCUT2D eigenvalue weighted by Gasteiger charge is -2.02. The molecule has 0 bridgehead atoms. The largest absolute Gasteiger partial charge is 0.131 e. The van der Waals surface area contributed by atoms with Crippen molar-refractivity contribution in [2.24, 2.45) is 0 Å². The molecule has 0 aliphatic carbocycles. The van der Waals surface area contributed by atoms with Crippen LogP contribution in [0.4, 0.5) is 0 Å². The topological polar surface area (TPSA) is 0 Å². The maximum Gasteiger partial charge on any atom is -0.00204 e. The van der Waals surface area contributed by atoms with Gasteiger partial charge in [0.1, 0.15) is 0 Å². The third-order valence-corrected chi connectivity index (χ3v) is 3.33. The molecule has 0 N–H and O–H groups in total. The summed E-state index contributed by atoms with van der Waals surface area (Å²) in [4.78, 5) is 1.55.